The van der Waals surface area contributed by atoms with Gasteiger partial charge in [0.1, 0.15) is 17.3 Å². The Bertz CT molecular complexity index is 1370. The van der Waals surface area contributed by atoms with E-state index in [1.54, 1.807) is 72.8 Å². The first-order chi connectivity index (χ1) is 18.2. The zero-order chi connectivity index (χ0) is 27.4. The molecule has 1 amide bonds. The highest BCUT2D eigenvalue weighted by atomic mass is 16.5. The summed E-state index contributed by atoms with van der Waals surface area (Å²) in [6, 6.07) is 19.5. The highest BCUT2D eigenvalue weighted by Gasteiger charge is 2.46. The van der Waals surface area contributed by atoms with Gasteiger partial charge in [-0.05, 0) is 73.5 Å². The number of likely N-dealkylation sites (tertiary alicyclic amines) is 1. The standard InChI is InChI=1S/C30H29NO7/c1-18(2)38-23-14-12-20(13-15-23)27(32)25-26(22-6-5-7-24(16-22)36-3)31(29(34)28(25)33)17-19-8-10-21(11-9-19)30(35)37-4/h5-16,18,26,32H,17H2,1-4H3/b27-25+. The number of rotatable bonds is 8. The van der Waals surface area contributed by atoms with E-state index >= 15 is 0 Å². The second kappa shape index (κ2) is 11.2. The van der Waals surface area contributed by atoms with Crippen LogP contribution in [0, 0.1) is 0 Å². The fraction of sp³-hybridized carbons (Fsp3) is 0.233. The summed E-state index contributed by atoms with van der Waals surface area (Å²) in [5.41, 5.74) is 2.03. The molecule has 0 aromatic heterocycles. The Morgan fingerprint density at radius 3 is 2.18 bits per heavy atom. The molecule has 38 heavy (non-hydrogen) atoms. The van der Waals surface area contributed by atoms with Gasteiger partial charge in [-0.15, -0.1) is 0 Å². The van der Waals surface area contributed by atoms with E-state index in [2.05, 4.69) is 0 Å². The summed E-state index contributed by atoms with van der Waals surface area (Å²) in [5, 5.41) is 11.3. The van der Waals surface area contributed by atoms with Gasteiger partial charge in [-0.3, -0.25) is 9.59 Å². The molecule has 0 saturated carbocycles. The highest BCUT2D eigenvalue weighted by Crippen LogP contribution is 2.41. The molecule has 3 aromatic carbocycles. The summed E-state index contributed by atoms with van der Waals surface area (Å²) in [6.07, 6.45) is -0.0190. The highest BCUT2D eigenvalue weighted by molar-refractivity contribution is 6.46. The monoisotopic (exact) mass is 515 g/mol. The van der Waals surface area contributed by atoms with Gasteiger partial charge >= 0.3 is 5.97 Å². The third-order valence-electron chi connectivity index (χ3n) is 6.18. The average Bonchev–Trinajstić information content (AvgIpc) is 3.17. The van der Waals surface area contributed by atoms with Crippen molar-refractivity contribution in [1.29, 1.82) is 0 Å². The first kappa shape index (κ1) is 26.5. The minimum Gasteiger partial charge on any atom is -0.507 e. The lowest BCUT2D eigenvalue weighted by Gasteiger charge is -2.26. The van der Waals surface area contributed by atoms with Gasteiger partial charge in [-0.1, -0.05) is 24.3 Å². The number of aliphatic hydroxyl groups is 1. The first-order valence-electron chi connectivity index (χ1n) is 12.1. The Balaban J connectivity index is 1.77. The van der Waals surface area contributed by atoms with E-state index in [0.717, 1.165) is 0 Å². The lowest BCUT2D eigenvalue weighted by Crippen LogP contribution is -2.29. The van der Waals surface area contributed by atoms with Crippen molar-refractivity contribution in [1.82, 2.24) is 4.90 Å². The normalized spacial score (nSPS) is 16.6. The minimum absolute atomic E-state index is 0.0190. The van der Waals surface area contributed by atoms with E-state index in [0.29, 0.717) is 33.8 Å². The fourth-order valence-electron chi connectivity index (χ4n) is 4.38. The molecular formula is C30H29NO7. The van der Waals surface area contributed by atoms with E-state index in [9.17, 15) is 19.5 Å². The predicted molar refractivity (Wildman–Crippen MR) is 141 cm³/mol. The van der Waals surface area contributed by atoms with Crippen LogP contribution in [0.1, 0.15) is 46.9 Å². The van der Waals surface area contributed by atoms with E-state index < -0.39 is 23.7 Å². The molecule has 1 atom stereocenters. The van der Waals surface area contributed by atoms with E-state index in [1.807, 2.05) is 13.8 Å². The molecule has 8 nitrogen and oxygen atoms in total. The van der Waals surface area contributed by atoms with Crippen LogP contribution in [0.4, 0.5) is 0 Å². The number of methoxy groups -OCH3 is 2. The number of carbonyl (C=O) groups is 3. The number of ketones is 1. The zero-order valence-electron chi connectivity index (χ0n) is 21.6. The second-order valence-corrected chi connectivity index (χ2v) is 9.08. The van der Waals surface area contributed by atoms with Crippen LogP contribution in [-0.2, 0) is 20.9 Å². The smallest absolute Gasteiger partial charge is 0.337 e. The number of hydrogen-bond donors (Lipinski definition) is 1. The Morgan fingerprint density at radius 2 is 1.58 bits per heavy atom. The summed E-state index contributed by atoms with van der Waals surface area (Å²) >= 11 is 0. The van der Waals surface area contributed by atoms with Gasteiger partial charge in [-0.2, -0.15) is 0 Å². The Kier molecular flexibility index (Phi) is 7.81. The SMILES string of the molecule is COC(=O)c1ccc(CN2C(=O)C(=O)/C(=C(/O)c3ccc(OC(C)C)cc3)C2c2cccc(OC)c2)cc1. The zero-order valence-corrected chi connectivity index (χ0v) is 21.6. The Morgan fingerprint density at radius 1 is 0.921 bits per heavy atom. The Labute approximate surface area is 221 Å². The molecule has 1 N–H and O–H groups in total. The fourth-order valence-corrected chi connectivity index (χ4v) is 4.38. The van der Waals surface area contributed by atoms with Crippen molar-refractivity contribution in [2.75, 3.05) is 14.2 Å². The van der Waals surface area contributed by atoms with Crippen LogP contribution < -0.4 is 9.47 Å². The molecule has 3 aromatic rings. The molecule has 1 heterocycles. The van der Waals surface area contributed by atoms with Gasteiger partial charge in [0.2, 0.25) is 0 Å². The van der Waals surface area contributed by atoms with Crippen LogP contribution in [0.3, 0.4) is 0 Å². The number of Topliss-reactive ketones (excluding diaryl/α,β-unsaturated/α-hetero) is 1. The van der Waals surface area contributed by atoms with Crippen molar-refractivity contribution < 1.29 is 33.7 Å². The summed E-state index contributed by atoms with van der Waals surface area (Å²) in [5.74, 6) is -1.11. The van der Waals surface area contributed by atoms with Crippen molar-refractivity contribution in [3.8, 4) is 11.5 Å². The summed E-state index contributed by atoms with van der Waals surface area (Å²) in [6.45, 7) is 3.89. The molecule has 0 bridgehead atoms. The number of amides is 1. The molecule has 4 rings (SSSR count). The summed E-state index contributed by atoms with van der Waals surface area (Å²) < 4.78 is 15.8. The maximum Gasteiger partial charge on any atom is 0.337 e. The van der Waals surface area contributed by atoms with Gasteiger partial charge in [0.25, 0.3) is 11.7 Å². The largest absolute Gasteiger partial charge is 0.507 e. The van der Waals surface area contributed by atoms with Gasteiger partial charge in [0.15, 0.2) is 0 Å². The van der Waals surface area contributed by atoms with Crippen molar-refractivity contribution in [2.24, 2.45) is 0 Å². The van der Waals surface area contributed by atoms with Crippen molar-refractivity contribution in [3.05, 3.63) is 101 Å². The Hall–Kier alpha value is -4.59. The van der Waals surface area contributed by atoms with Gasteiger partial charge in [0, 0.05) is 12.1 Å². The number of ether oxygens (including phenoxy) is 3. The molecule has 196 valence electrons. The quantitative estimate of drug-likeness (QED) is 0.197. The van der Waals surface area contributed by atoms with Crippen molar-refractivity contribution in [2.45, 2.75) is 32.5 Å². The third-order valence-corrected chi connectivity index (χ3v) is 6.18. The van der Waals surface area contributed by atoms with Crippen LogP contribution in [0.25, 0.3) is 5.76 Å². The molecule has 0 spiro atoms. The van der Waals surface area contributed by atoms with E-state index in [1.165, 1.54) is 19.1 Å². The molecule has 1 fully saturated rings. The van der Waals surface area contributed by atoms with Crippen LogP contribution in [0.2, 0.25) is 0 Å². The average molecular weight is 516 g/mol. The molecule has 1 aliphatic heterocycles. The van der Waals surface area contributed by atoms with Gasteiger partial charge < -0.3 is 24.2 Å². The van der Waals surface area contributed by atoms with Crippen LogP contribution in [0.15, 0.2) is 78.4 Å². The maximum atomic E-state index is 13.3. The summed E-state index contributed by atoms with van der Waals surface area (Å²) in [4.78, 5) is 39.8. The maximum absolute atomic E-state index is 13.3. The lowest BCUT2D eigenvalue weighted by atomic mass is 9.95. The van der Waals surface area contributed by atoms with E-state index in [4.69, 9.17) is 14.2 Å². The van der Waals surface area contributed by atoms with Crippen LogP contribution in [0.5, 0.6) is 11.5 Å². The molecule has 1 saturated heterocycles. The number of esters is 1. The molecule has 0 aliphatic carbocycles. The topological polar surface area (TPSA) is 102 Å². The predicted octanol–water partition coefficient (Wildman–Crippen LogP) is 4.89. The molecule has 0 radical (unpaired) electrons. The number of hydrogen-bond acceptors (Lipinski definition) is 7. The third kappa shape index (κ3) is 5.39. The molecule has 1 unspecified atom stereocenters. The second-order valence-electron chi connectivity index (χ2n) is 9.08. The van der Waals surface area contributed by atoms with Crippen molar-refractivity contribution in [3.63, 3.8) is 0 Å². The van der Waals surface area contributed by atoms with Crippen molar-refractivity contribution >= 4 is 23.4 Å². The molecular weight excluding hydrogens is 486 g/mol. The minimum atomic E-state index is -0.864. The molecule has 8 heteroatoms. The first-order valence-corrected chi connectivity index (χ1v) is 12.1. The van der Waals surface area contributed by atoms with E-state index in [-0.39, 0.29) is 24.0 Å². The van der Waals surface area contributed by atoms with Gasteiger partial charge in [0.05, 0.1) is 37.5 Å². The number of benzene rings is 3. The number of nitrogens with zero attached hydrogens (tertiary/aromatic N) is 1. The van der Waals surface area contributed by atoms with Gasteiger partial charge in [-0.25, -0.2) is 4.79 Å². The van der Waals surface area contributed by atoms with Crippen LogP contribution >= 0.6 is 0 Å². The number of aliphatic hydroxyl groups excluding tert-OH is 1. The summed E-state index contributed by atoms with van der Waals surface area (Å²) in [7, 11) is 2.83. The van der Waals surface area contributed by atoms with Crippen LogP contribution in [-0.4, -0.2) is 48.0 Å². The number of carbonyl (C=O) groups excluding carboxylic acids is 3. The molecule has 1 aliphatic rings. The lowest BCUT2D eigenvalue weighted by molar-refractivity contribution is -0.140.